The Balaban J connectivity index is 1.77. The van der Waals surface area contributed by atoms with Crippen molar-refractivity contribution in [2.24, 2.45) is 5.41 Å². The van der Waals surface area contributed by atoms with Gasteiger partial charge in [0.05, 0.1) is 25.2 Å². The Kier molecular flexibility index (Phi) is 3.97. The summed E-state index contributed by atoms with van der Waals surface area (Å²) in [5, 5.41) is 12.6. The number of halogens is 1. The van der Waals surface area contributed by atoms with Crippen LogP contribution in [0.15, 0.2) is 28.7 Å². The van der Waals surface area contributed by atoms with E-state index in [1.807, 2.05) is 12.1 Å². The van der Waals surface area contributed by atoms with E-state index in [9.17, 15) is 5.11 Å². The lowest BCUT2D eigenvalue weighted by molar-refractivity contribution is -0.134. The second kappa shape index (κ2) is 5.27. The van der Waals surface area contributed by atoms with Crippen LogP contribution in [0.25, 0.3) is 0 Å². The molecule has 0 radical (unpaired) electrons. The molecule has 0 atom stereocenters. The van der Waals surface area contributed by atoms with Gasteiger partial charge in [-0.1, -0.05) is 28.1 Å². The summed E-state index contributed by atoms with van der Waals surface area (Å²) in [5.41, 5.74) is 1.20. The second-order valence-electron chi connectivity index (χ2n) is 4.38. The van der Waals surface area contributed by atoms with Crippen LogP contribution in [0.3, 0.4) is 0 Å². The SMILES string of the molecule is OCC1(CNCc2ccc(Br)cc2)COC1. The highest BCUT2D eigenvalue weighted by Crippen LogP contribution is 2.25. The molecule has 1 aromatic carbocycles. The summed E-state index contributed by atoms with van der Waals surface area (Å²) in [4.78, 5) is 0. The lowest BCUT2D eigenvalue weighted by atomic mass is 9.87. The lowest BCUT2D eigenvalue weighted by Crippen LogP contribution is -2.52. The second-order valence-corrected chi connectivity index (χ2v) is 5.30. The van der Waals surface area contributed by atoms with Gasteiger partial charge < -0.3 is 15.2 Å². The third-order valence-corrected chi connectivity index (χ3v) is 3.42. The van der Waals surface area contributed by atoms with Crippen molar-refractivity contribution in [1.82, 2.24) is 5.32 Å². The zero-order valence-electron chi connectivity index (χ0n) is 9.08. The van der Waals surface area contributed by atoms with Crippen molar-refractivity contribution in [3.63, 3.8) is 0 Å². The van der Waals surface area contributed by atoms with Gasteiger partial charge in [-0.3, -0.25) is 0 Å². The highest BCUT2D eigenvalue weighted by atomic mass is 79.9. The van der Waals surface area contributed by atoms with Gasteiger partial charge in [-0.25, -0.2) is 0 Å². The van der Waals surface area contributed by atoms with Gasteiger partial charge >= 0.3 is 0 Å². The lowest BCUT2D eigenvalue weighted by Gasteiger charge is -2.40. The van der Waals surface area contributed by atoms with Crippen LogP contribution in [0.1, 0.15) is 5.56 Å². The molecule has 0 amide bonds. The maximum Gasteiger partial charge on any atom is 0.0579 e. The van der Waals surface area contributed by atoms with E-state index in [0.29, 0.717) is 13.2 Å². The van der Waals surface area contributed by atoms with E-state index in [1.54, 1.807) is 0 Å². The van der Waals surface area contributed by atoms with Crippen LogP contribution in [0.5, 0.6) is 0 Å². The molecule has 0 bridgehead atoms. The summed E-state index contributed by atoms with van der Waals surface area (Å²) in [5.74, 6) is 0. The van der Waals surface area contributed by atoms with Crippen LogP contribution in [-0.4, -0.2) is 31.5 Å². The molecule has 0 aliphatic carbocycles. The zero-order valence-corrected chi connectivity index (χ0v) is 10.7. The normalized spacial score (nSPS) is 18.1. The Hall–Kier alpha value is -0.420. The number of hydrogen-bond donors (Lipinski definition) is 2. The van der Waals surface area contributed by atoms with E-state index in [4.69, 9.17) is 4.74 Å². The topological polar surface area (TPSA) is 41.5 Å². The Morgan fingerprint density at radius 2 is 2.00 bits per heavy atom. The van der Waals surface area contributed by atoms with E-state index < -0.39 is 0 Å². The number of ether oxygens (including phenoxy) is 1. The molecule has 2 rings (SSSR count). The van der Waals surface area contributed by atoms with E-state index in [2.05, 4.69) is 33.4 Å². The van der Waals surface area contributed by atoms with Crippen molar-refractivity contribution in [3.05, 3.63) is 34.3 Å². The number of aliphatic hydroxyl groups is 1. The predicted molar refractivity (Wildman–Crippen MR) is 66.2 cm³/mol. The molecule has 0 spiro atoms. The average molecular weight is 286 g/mol. The standard InChI is InChI=1S/C12H16BrNO2/c13-11-3-1-10(2-4-11)5-14-6-12(7-15)8-16-9-12/h1-4,14-15H,5-9H2. The van der Waals surface area contributed by atoms with Gasteiger partial charge in [-0.2, -0.15) is 0 Å². The summed E-state index contributed by atoms with van der Waals surface area (Å²) in [6.45, 7) is 3.16. The monoisotopic (exact) mass is 285 g/mol. The first-order valence-electron chi connectivity index (χ1n) is 5.38. The summed E-state index contributed by atoms with van der Waals surface area (Å²) < 4.78 is 6.23. The molecular formula is C12H16BrNO2. The summed E-state index contributed by atoms with van der Waals surface area (Å²) >= 11 is 3.41. The van der Waals surface area contributed by atoms with Crippen LogP contribution in [0, 0.1) is 5.41 Å². The van der Waals surface area contributed by atoms with Gasteiger partial charge in [-0.05, 0) is 17.7 Å². The number of benzene rings is 1. The quantitative estimate of drug-likeness (QED) is 0.863. The molecule has 1 aliphatic heterocycles. The number of aliphatic hydroxyl groups excluding tert-OH is 1. The Labute approximate surface area is 104 Å². The van der Waals surface area contributed by atoms with Crippen molar-refractivity contribution in [1.29, 1.82) is 0 Å². The van der Waals surface area contributed by atoms with Crippen molar-refractivity contribution in [2.45, 2.75) is 6.54 Å². The van der Waals surface area contributed by atoms with E-state index in [-0.39, 0.29) is 12.0 Å². The molecule has 4 heteroatoms. The largest absolute Gasteiger partial charge is 0.396 e. The van der Waals surface area contributed by atoms with E-state index >= 15 is 0 Å². The van der Waals surface area contributed by atoms with Crippen molar-refractivity contribution >= 4 is 15.9 Å². The maximum atomic E-state index is 9.24. The molecule has 1 fully saturated rings. The Morgan fingerprint density at radius 3 is 2.50 bits per heavy atom. The van der Waals surface area contributed by atoms with Gasteiger partial charge in [0, 0.05) is 17.6 Å². The fourth-order valence-corrected chi connectivity index (χ4v) is 1.98. The zero-order chi connectivity index (χ0) is 11.4. The van der Waals surface area contributed by atoms with Crippen LogP contribution in [0.4, 0.5) is 0 Å². The summed E-state index contributed by atoms with van der Waals surface area (Å²) in [7, 11) is 0. The summed E-state index contributed by atoms with van der Waals surface area (Å²) in [6.07, 6.45) is 0. The van der Waals surface area contributed by atoms with Gasteiger partial charge in [-0.15, -0.1) is 0 Å². The van der Waals surface area contributed by atoms with Crippen molar-refractivity contribution in [3.8, 4) is 0 Å². The molecule has 1 aliphatic rings. The first kappa shape index (κ1) is 12.0. The minimum Gasteiger partial charge on any atom is -0.396 e. The number of hydrogen-bond acceptors (Lipinski definition) is 3. The fourth-order valence-electron chi connectivity index (χ4n) is 1.71. The third-order valence-electron chi connectivity index (χ3n) is 2.89. The predicted octanol–water partition coefficient (Wildman–Crippen LogP) is 1.55. The molecule has 16 heavy (non-hydrogen) atoms. The fraction of sp³-hybridized carbons (Fsp3) is 0.500. The van der Waals surface area contributed by atoms with Gasteiger partial charge in [0.15, 0.2) is 0 Å². The number of nitrogens with one attached hydrogen (secondary N) is 1. The minimum absolute atomic E-state index is 0.0463. The average Bonchev–Trinajstić information content (AvgIpc) is 2.25. The van der Waals surface area contributed by atoms with Crippen molar-refractivity contribution < 1.29 is 9.84 Å². The highest BCUT2D eigenvalue weighted by molar-refractivity contribution is 9.10. The van der Waals surface area contributed by atoms with Gasteiger partial charge in [0.25, 0.3) is 0 Å². The van der Waals surface area contributed by atoms with Crippen molar-refractivity contribution in [2.75, 3.05) is 26.4 Å². The molecule has 1 saturated heterocycles. The van der Waals surface area contributed by atoms with Gasteiger partial charge in [0.1, 0.15) is 0 Å². The Bertz CT molecular complexity index is 330. The molecule has 3 nitrogen and oxygen atoms in total. The van der Waals surface area contributed by atoms with E-state index in [0.717, 1.165) is 17.6 Å². The highest BCUT2D eigenvalue weighted by Gasteiger charge is 2.37. The van der Waals surface area contributed by atoms with Crippen LogP contribution >= 0.6 is 15.9 Å². The smallest absolute Gasteiger partial charge is 0.0579 e. The molecule has 0 saturated carbocycles. The maximum absolute atomic E-state index is 9.24. The Morgan fingerprint density at radius 1 is 1.31 bits per heavy atom. The molecule has 1 heterocycles. The molecular weight excluding hydrogens is 270 g/mol. The number of rotatable bonds is 5. The molecule has 0 unspecified atom stereocenters. The summed E-state index contributed by atoms with van der Waals surface area (Å²) in [6, 6.07) is 8.23. The van der Waals surface area contributed by atoms with E-state index in [1.165, 1.54) is 5.56 Å². The first-order valence-corrected chi connectivity index (χ1v) is 6.17. The third kappa shape index (κ3) is 2.83. The van der Waals surface area contributed by atoms with Crippen LogP contribution in [0.2, 0.25) is 0 Å². The van der Waals surface area contributed by atoms with Crippen LogP contribution < -0.4 is 5.32 Å². The van der Waals surface area contributed by atoms with Crippen LogP contribution in [-0.2, 0) is 11.3 Å². The molecule has 88 valence electrons. The molecule has 0 aromatic heterocycles. The first-order chi connectivity index (χ1) is 7.74. The minimum atomic E-state index is -0.0463. The molecule has 2 N–H and O–H groups in total. The van der Waals surface area contributed by atoms with Gasteiger partial charge in [0.2, 0.25) is 0 Å². The molecule has 1 aromatic rings.